The highest BCUT2D eigenvalue weighted by Crippen LogP contribution is 2.30. The second-order valence-electron chi connectivity index (χ2n) is 6.68. The molecule has 0 radical (unpaired) electrons. The summed E-state index contributed by atoms with van der Waals surface area (Å²) in [7, 11) is 0. The van der Waals surface area contributed by atoms with Gasteiger partial charge in [0.2, 0.25) is 11.8 Å². The molecule has 2 aromatic carbocycles. The molecule has 0 fully saturated rings. The van der Waals surface area contributed by atoms with Crippen molar-refractivity contribution in [1.82, 2.24) is 14.9 Å². The number of anilines is 1. The molecule has 0 bridgehead atoms. The normalized spacial score (nSPS) is 10.7. The first kappa shape index (κ1) is 21.0. The van der Waals surface area contributed by atoms with Gasteiger partial charge >= 0.3 is 0 Å². The van der Waals surface area contributed by atoms with E-state index in [1.807, 2.05) is 36.4 Å². The molecule has 0 unspecified atom stereocenters. The number of hydrogen-bond donors (Lipinski definition) is 2. The number of halogens is 1. The Hall–Kier alpha value is -3.30. The minimum absolute atomic E-state index is 0.207. The Morgan fingerprint density at radius 1 is 1.03 bits per heavy atom. The molecule has 156 valence electrons. The summed E-state index contributed by atoms with van der Waals surface area (Å²) in [5.41, 5.74) is 1.32. The molecule has 2 N–H and O–H groups in total. The summed E-state index contributed by atoms with van der Waals surface area (Å²) >= 11 is 4.77. The van der Waals surface area contributed by atoms with Crippen molar-refractivity contribution in [3.63, 3.8) is 0 Å². The van der Waals surface area contributed by atoms with Crippen LogP contribution in [0.3, 0.4) is 0 Å². The van der Waals surface area contributed by atoms with Gasteiger partial charge in [-0.05, 0) is 39.7 Å². The van der Waals surface area contributed by atoms with Crippen LogP contribution in [0.15, 0.2) is 76.3 Å². The van der Waals surface area contributed by atoms with Crippen molar-refractivity contribution in [3.8, 4) is 10.4 Å². The SMILES string of the molecule is O=C(Cn1cnc2sc(-c3ccccc3)cc2c1=O)NCC(=O)Nc1ccccc1Br. The number of para-hydroxylation sites is 1. The summed E-state index contributed by atoms with van der Waals surface area (Å²) in [5, 5.41) is 5.69. The zero-order valence-electron chi connectivity index (χ0n) is 16.2. The maximum atomic E-state index is 12.8. The Morgan fingerprint density at radius 3 is 2.55 bits per heavy atom. The largest absolute Gasteiger partial charge is 0.345 e. The topological polar surface area (TPSA) is 93.1 Å². The Bertz CT molecular complexity index is 1320. The van der Waals surface area contributed by atoms with Crippen molar-refractivity contribution >= 4 is 55.0 Å². The molecule has 4 rings (SSSR count). The Balaban J connectivity index is 1.41. The van der Waals surface area contributed by atoms with E-state index in [4.69, 9.17) is 0 Å². The van der Waals surface area contributed by atoms with Crippen LogP contribution in [0.5, 0.6) is 0 Å². The van der Waals surface area contributed by atoms with E-state index in [1.54, 1.807) is 24.3 Å². The summed E-state index contributed by atoms with van der Waals surface area (Å²) in [6, 6.07) is 18.7. The molecule has 0 spiro atoms. The number of rotatable bonds is 6. The van der Waals surface area contributed by atoms with Crippen LogP contribution in [-0.4, -0.2) is 27.9 Å². The smallest absolute Gasteiger partial charge is 0.262 e. The van der Waals surface area contributed by atoms with Gasteiger partial charge in [-0.15, -0.1) is 11.3 Å². The van der Waals surface area contributed by atoms with Crippen molar-refractivity contribution in [2.24, 2.45) is 0 Å². The number of nitrogens with one attached hydrogen (secondary N) is 2. The first-order chi connectivity index (χ1) is 15.0. The van der Waals surface area contributed by atoms with E-state index in [-0.39, 0.29) is 24.6 Å². The standard InChI is InChI=1S/C22H17BrN4O3S/c23-16-8-4-5-9-17(16)26-19(28)11-24-20(29)12-27-13-25-21-15(22(27)30)10-18(31-21)14-6-2-1-3-7-14/h1-10,13H,11-12H2,(H,24,29)(H,26,28). The maximum Gasteiger partial charge on any atom is 0.262 e. The Morgan fingerprint density at radius 2 is 1.77 bits per heavy atom. The van der Waals surface area contributed by atoms with Crippen LogP contribution in [-0.2, 0) is 16.1 Å². The van der Waals surface area contributed by atoms with Crippen LogP contribution in [0.25, 0.3) is 20.7 Å². The highest BCUT2D eigenvalue weighted by Gasteiger charge is 2.13. The molecule has 2 aromatic heterocycles. The Labute approximate surface area is 189 Å². The minimum atomic E-state index is -0.455. The van der Waals surface area contributed by atoms with E-state index >= 15 is 0 Å². The lowest BCUT2D eigenvalue weighted by atomic mass is 10.2. The van der Waals surface area contributed by atoms with Gasteiger partial charge in [0.15, 0.2) is 0 Å². The summed E-state index contributed by atoms with van der Waals surface area (Å²) < 4.78 is 1.98. The third-order valence-electron chi connectivity index (χ3n) is 4.48. The molecule has 0 atom stereocenters. The summed E-state index contributed by atoms with van der Waals surface area (Å²) in [6.07, 6.45) is 1.36. The van der Waals surface area contributed by atoms with Crippen LogP contribution in [0.4, 0.5) is 5.69 Å². The third kappa shape index (κ3) is 4.89. The van der Waals surface area contributed by atoms with Gasteiger partial charge in [-0.3, -0.25) is 19.0 Å². The van der Waals surface area contributed by atoms with Crippen molar-refractivity contribution in [3.05, 3.63) is 81.8 Å². The van der Waals surface area contributed by atoms with Crippen molar-refractivity contribution in [2.75, 3.05) is 11.9 Å². The molecule has 4 aromatic rings. The van der Waals surface area contributed by atoms with E-state index in [9.17, 15) is 14.4 Å². The first-order valence-electron chi connectivity index (χ1n) is 9.37. The van der Waals surface area contributed by atoms with Crippen LogP contribution >= 0.6 is 27.3 Å². The molecule has 0 aliphatic carbocycles. The first-order valence-corrected chi connectivity index (χ1v) is 11.0. The van der Waals surface area contributed by atoms with Gasteiger partial charge in [0.25, 0.3) is 5.56 Å². The molecule has 2 amide bonds. The molecular weight excluding hydrogens is 480 g/mol. The average Bonchev–Trinajstić information content (AvgIpc) is 3.22. The van der Waals surface area contributed by atoms with Crippen LogP contribution in [0.1, 0.15) is 0 Å². The molecule has 9 heteroatoms. The number of fused-ring (bicyclic) bond motifs is 1. The lowest BCUT2D eigenvalue weighted by molar-refractivity contribution is -0.124. The van der Waals surface area contributed by atoms with Gasteiger partial charge < -0.3 is 10.6 Å². The van der Waals surface area contributed by atoms with Gasteiger partial charge in [-0.25, -0.2) is 4.98 Å². The highest BCUT2D eigenvalue weighted by molar-refractivity contribution is 9.10. The number of thiophene rings is 1. The Kier molecular flexibility index (Phi) is 6.24. The number of nitrogens with zero attached hydrogens (tertiary/aromatic N) is 2. The predicted octanol–water partition coefficient (Wildman–Crippen LogP) is 3.64. The van der Waals surface area contributed by atoms with Crippen LogP contribution < -0.4 is 16.2 Å². The van der Waals surface area contributed by atoms with E-state index < -0.39 is 5.91 Å². The van der Waals surface area contributed by atoms with E-state index in [2.05, 4.69) is 31.5 Å². The van der Waals surface area contributed by atoms with Crippen molar-refractivity contribution < 1.29 is 9.59 Å². The minimum Gasteiger partial charge on any atom is -0.345 e. The molecular formula is C22H17BrN4O3S. The maximum absolute atomic E-state index is 12.8. The van der Waals surface area contributed by atoms with Crippen LogP contribution in [0.2, 0.25) is 0 Å². The second kappa shape index (κ2) is 9.23. The van der Waals surface area contributed by atoms with E-state index in [0.717, 1.165) is 14.9 Å². The number of aromatic nitrogens is 2. The lowest BCUT2D eigenvalue weighted by Gasteiger charge is -2.09. The highest BCUT2D eigenvalue weighted by atomic mass is 79.9. The zero-order chi connectivity index (χ0) is 21.8. The molecule has 0 aliphatic rings. The van der Waals surface area contributed by atoms with Crippen LogP contribution in [0, 0.1) is 0 Å². The zero-order valence-corrected chi connectivity index (χ0v) is 18.6. The molecule has 0 aliphatic heterocycles. The molecule has 0 saturated carbocycles. The average molecular weight is 497 g/mol. The molecule has 0 saturated heterocycles. The fourth-order valence-corrected chi connectivity index (χ4v) is 4.34. The molecule has 7 nitrogen and oxygen atoms in total. The van der Waals surface area contributed by atoms with Crippen molar-refractivity contribution in [2.45, 2.75) is 6.54 Å². The lowest BCUT2D eigenvalue weighted by Crippen LogP contribution is -2.37. The molecule has 2 heterocycles. The quantitative estimate of drug-likeness (QED) is 0.426. The summed E-state index contributed by atoms with van der Waals surface area (Å²) in [6.45, 7) is -0.429. The summed E-state index contributed by atoms with van der Waals surface area (Å²) in [5.74, 6) is -0.824. The monoisotopic (exact) mass is 496 g/mol. The fourth-order valence-electron chi connectivity index (χ4n) is 2.96. The van der Waals surface area contributed by atoms with E-state index in [0.29, 0.717) is 15.9 Å². The third-order valence-corrected chi connectivity index (χ3v) is 6.27. The second-order valence-corrected chi connectivity index (χ2v) is 8.56. The van der Waals surface area contributed by atoms with Gasteiger partial charge in [-0.1, -0.05) is 42.5 Å². The number of carbonyl (C=O) groups is 2. The number of carbonyl (C=O) groups excluding carboxylic acids is 2. The number of benzene rings is 2. The van der Waals surface area contributed by atoms with Gasteiger partial charge in [-0.2, -0.15) is 0 Å². The van der Waals surface area contributed by atoms with E-state index in [1.165, 1.54) is 22.2 Å². The predicted molar refractivity (Wildman–Crippen MR) is 125 cm³/mol. The fraction of sp³-hybridized carbons (Fsp3) is 0.0909. The van der Waals surface area contributed by atoms with Gasteiger partial charge in [0, 0.05) is 9.35 Å². The van der Waals surface area contributed by atoms with Crippen molar-refractivity contribution in [1.29, 1.82) is 0 Å². The van der Waals surface area contributed by atoms with Gasteiger partial charge in [0.05, 0.1) is 23.9 Å². The number of hydrogen-bond acceptors (Lipinski definition) is 5. The molecule has 31 heavy (non-hydrogen) atoms. The summed E-state index contributed by atoms with van der Waals surface area (Å²) in [4.78, 5) is 43.0. The number of amides is 2. The van der Waals surface area contributed by atoms with Gasteiger partial charge in [0.1, 0.15) is 11.4 Å².